The molecule has 7 heteroatoms. The SMILES string of the molecule is N#Cc1ccc(N2CC[C@@H](Oc3ccc(C(=O)O)cn3)C2)cc1Cl. The average Bonchev–Trinajstić information content (AvgIpc) is 3.04. The second kappa shape index (κ2) is 6.77. The van der Waals surface area contributed by atoms with E-state index in [4.69, 9.17) is 26.7 Å². The van der Waals surface area contributed by atoms with E-state index in [0.29, 0.717) is 23.0 Å². The van der Waals surface area contributed by atoms with E-state index in [1.165, 1.54) is 12.3 Å². The van der Waals surface area contributed by atoms with Crippen molar-refractivity contribution in [3.63, 3.8) is 0 Å². The number of hydrogen-bond acceptors (Lipinski definition) is 5. The predicted octanol–water partition coefficient (Wildman–Crippen LogP) is 2.96. The number of rotatable bonds is 4. The van der Waals surface area contributed by atoms with Crippen LogP contribution < -0.4 is 9.64 Å². The van der Waals surface area contributed by atoms with E-state index < -0.39 is 5.97 Å². The van der Waals surface area contributed by atoms with E-state index >= 15 is 0 Å². The number of ether oxygens (including phenoxy) is 1. The molecule has 2 aromatic rings. The molecule has 0 unspecified atom stereocenters. The molecule has 0 spiro atoms. The minimum Gasteiger partial charge on any atom is -0.478 e. The predicted molar refractivity (Wildman–Crippen MR) is 88.6 cm³/mol. The normalized spacial score (nSPS) is 16.7. The van der Waals surface area contributed by atoms with Gasteiger partial charge in [0.05, 0.1) is 22.7 Å². The Balaban J connectivity index is 1.64. The molecule has 1 fully saturated rings. The fraction of sp³-hybridized carbons (Fsp3) is 0.235. The maximum atomic E-state index is 10.8. The Morgan fingerprint density at radius 1 is 1.42 bits per heavy atom. The zero-order chi connectivity index (χ0) is 17.1. The van der Waals surface area contributed by atoms with Gasteiger partial charge in [-0.2, -0.15) is 5.26 Å². The summed E-state index contributed by atoms with van der Waals surface area (Å²) in [5.41, 5.74) is 1.53. The summed E-state index contributed by atoms with van der Waals surface area (Å²) in [6.07, 6.45) is 2.06. The van der Waals surface area contributed by atoms with Crippen LogP contribution in [0.25, 0.3) is 0 Å². The molecule has 1 saturated heterocycles. The van der Waals surface area contributed by atoms with Crippen molar-refractivity contribution in [2.75, 3.05) is 18.0 Å². The molecule has 1 N–H and O–H groups in total. The number of carboxylic acids is 1. The van der Waals surface area contributed by atoms with E-state index in [2.05, 4.69) is 9.88 Å². The lowest BCUT2D eigenvalue weighted by atomic mass is 10.2. The van der Waals surface area contributed by atoms with Gasteiger partial charge in [0.25, 0.3) is 0 Å². The van der Waals surface area contributed by atoms with Gasteiger partial charge in [0.1, 0.15) is 12.2 Å². The number of halogens is 1. The maximum absolute atomic E-state index is 10.8. The fourth-order valence-electron chi connectivity index (χ4n) is 2.60. The first-order chi connectivity index (χ1) is 11.6. The van der Waals surface area contributed by atoms with Gasteiger partial charge in [0.15, 0.2) is 0 Å². The molecule has 0 radical (unpaired) electrons. The molecule has 24 heavy (non-hydrogen) atoms. The van der Waals surface area contributed by atoms with Crippen LogP contribution in [0.1, 0.15) is 22.3 Å². The summed E-state index contributed by atoms with van der Waals surface area (Å²) < 4.78 is 5.81. The van der Waals surface area contributed by atoms with Crippen molar-refractivity contribution in [3.8, 4) is 11.9 Å². The standard InChI is InChI=1S/C17H14ClN3O3/c18-15-7-13(3-1-11(15)8-19)21-6-5-14(10-21)24-16-4-2-12(9-20-16)17(22)23/h1-4,7,9,14H,5-6,10H2,(H,22,23)/t14-/m1/s1. The van der Waals surface area contributed by atoms with Crippen LogP contribution in [-0.2, 0) is 0 Å². The molecule has 0 saturated carbocycles. The van der Waals surface area contributed by atoms with Crippen LogP contribution >= 0.6 is 11.6 Å². The van der Waals surface area contributed by atoms with Gasteiger partial charge in [-0.25, -0.2) is 9.78 Å². The average molecular weight is 344 g/mol. The number of carbonyl (C=O) groups is 1. The highest BCUT2D eigenvalue weighted by Crippen LogP contribution is 2.27. The molecule has 0 bridgehead atoms. The third-order valence-electron chi connectivity index (χ3n) is 3.85. The molecule has 1 aliphatic heterocycles. The van der Waals surface area contributed by atoms with Crippen molar-refractivity contribution in [2.45, 2.75) is 12.5 Å². The number of aromatic nitrogens is 1. The molecule has 1 aromatic carbocycles. The highest BCUT2D eigenvalue weighted by molar-refractivity contribution is 6.32. The summed E-state index contributed by atoms with van der Waals surface area (Å²) in [5, 5.41) is 18.2. The van der Waals surface area contributed by atoms with E-state index in [9.17, 15) is 4.79 Å². The molecular weight excluding hydrogens is 330 g/mol. The van der Waals surface area contributed by atoms with Gasteiger partial charge >= 0.3 is 5.97 Å². The second-order valence-corrected chi connectivity index (χ2v) is 5.85. The van der Waals surface area contributed by atoms with Gasteiger partial charge in [-0.1, -0.05) is 11.6 Å². The Labute approximate surface area is 143 Å². The summed E-state index contributed by atoms with van der Waals surface area (Å²) >= 11 is 6.08. The van der Waals surface area contributed by atoms with E-state index in [1.807, 2.05) is 12.1 Å². The number of nitrogens with zero attached hydrogens (tertiary/aromatic N) is 3. The Morgan fingerprint density at radius 2 is 2.25 bits per heavy atom. The molecule has 1 aliphatic rings. The minimum atomic E-state index is -1.02. The van der Waals surface area contributed by atoms with Gasteiger partial charge in [-0.15, -0.1) is 0 Å². The molecule has 1 atom stereocenters. The molecule has 2 heterocycles. The number of nitriles is 1. The lowest BCUT2D eigenvalue weighted by molar-refractivity contribution is 0.0696. The quantitative estimate of drug-likeness (QED) is 0.918. The summed E-state index contributed by atoms with van der Waals surface area (Å²) in [7, 11) is 0. The number of anilines is 1. The number of benzene rings is 1. The van der Waals surface area contributed by atoms with Crippen LogP contribution in [-0.4, -0.2) is 35.3 Å². The Hall–Kier alpha value is -2.78. The molecule has 1 aromatic heterocycles. The van der Waals surface area contributed by atoms with Crippen LogP contribution in [0, 0.1) is 11.3 Å². The maximum Gasteiger partial charge on any atom is 0.337 e. The minimum absolute atomic E-state index is 0.0393. The van der Waals surface area contributed by atoms with E-state index in [0.717, 1.165) is 18.7 Å². The summed E-state index contributed by atoms with van der Waals surface area (Å²) in [6.45, 7) is 1.48. The molecular formula is C17H14ClN3O3. The highest BCUT2D eigenvalue weighted by atomic mass is 35.5. The first-order valence-electron chi connectivity index (χ1n) is 7.37. The zero-order valence-electron chi connectivity index (χ0n) is 12.6. The van der Waals surface area contributed by atoms with Crippen LogP contribution in [0.3, 0.4) is 0 Å². The topological polar surface area (TPSA) is 86.5 Å². The Morgan fingerprint density at radius 3 is 2.88 bits per heavy atom. The smallest absolute Gasteiger partial charge is 0.337 e. The van der Waals surface area contributed by atoms with Gasteiger partial charge in [0.2, 0.25) is 5.88 Å². The molecule has 0 aliphatic carbocycles. The lowest BCUT2D eigenvalue weighted by Crippen LogP contribution is -2.24. The second-order valence-electron chi connectivity index (χ2n) is 5.44. The van der Waals surface area contributed by atoms with Crippen LogP contribution in [0.2, 0.25) is 5.02 Å². The third-order valence-corrected chi connectivity index (χ3v) is 4.17. The Bertz CT molecular complexity index is 802. The molecule has 6 nitrogen and oxygen atoms in total. The van der Waals surface area contributed by atoms with Crippen LogP contribution in [0.5, 0.6) is 5.88 Å². The number of pyridine rings is 1. The van der Waals surface area contributed by atoms with Gasteiger partial charge in [0, 0.05) is 30.9 Å². The number of aromatic carboxylic acids is 1. The first kappa shape index (κ1) is 16.1. The number of hydrogen-bond donors (Lipinski definition) is 1. The summed E-state index contributed by atoms with van der Waals surface area (Å²) in [6, 6.07) is 10.4. The molecule has 0 amide bonds. The molecule has 122 valence electrons. The zero-order valence-corrected chi connectivity index (χ0v) is 13.4. The van der Waals surface area contributed by atoms with E-state index in [-0.39, 0.29) is 11.7 Å². The summed E-state index contributed by atoms with van der Waals surface area (Å²) in [5.74, 6) is -0.608. The Kier molecular flexibility index (Phi) is 4.54. The van der Waals surface area contributed by atoms with E-state index in [1.54, 1.807) is 18.2 Å². The van der Waals surface area contributed by atoms with Crippen molar-refractivity contribution in [2.24, 2.45) is 0 Å². The van der Waals surface area contributed by atoms with Crippen LogP contribution in [0.4, 0.5) is 5.69 Å². The monoisotopic (exact) mass is 343 g/mol. The van der Waals surface area contributed by atoms with Crippen molar-refractivity contribution in [1.29, 1.82) is 5.26 Å². The van der Waals surface area contributed by atoms with Gasteiger partial charge < -0.3 is 14.7 Å². The van der Waals surface area contributed by atoms with Gasteiger partial charge in [-0.05, 0) is 24.3 Å². The fourth-order valence-corrected chi connectivity index (χ4v) is 2.81. The highest BCUT2D eigenvalue weighted by Gasteiger charge is 2.25. The molecule has 3 rings (SSSR count). The van der Waals surface area contributed by atoms with Crippen LogP contribution in [0.15, 0.2) is 36.5 Å². The number of carboxylic acid groups (broad SMARTS) is 1. The lowest BCUT2D eigenvalue weighted by Gasteiger charge is -2.19. The van der Waals surface area contributed by atoms with Crippen molar-refractivity contribution in [1.82, 2.24) is 4.98 Å². The third kappa shape index (κ3) is 3.42. The van der Waals surface area contributed by atoms with Gasteiger partial charge in [-0.3, -0.25) is 0 Å². The van der Waals surface area contributed by atoms with Crippen molar-refractivity contribution < 1.29 is 14.6 Å². The largest absolute Gasteiger partial charge is 0.478 e. The first-order valence-corrected chi connectivity index (χ1v) is 7.75. The van der Waals surface area contributed by atoms with Crippen molar-refractivity contribution in [3.05, 3.63) is 52.7 Å². The van der Waals surface area contributed by atoms with Crippen molar-refractivity contribution >= 4 is 23.3 Å². The summed E-state index contributed by atoms with van der Waals surface area (Å²) in [4.78, 5) is 17.0.